The quantitative estimate of drug-likeness (QED) is 0.639. The van der Waals surface area contributed by atoms with Crippen molar-refractivity contribution in [1.82, 2.24) is 14.5 Å². The van der Waals surface area contributed by atoms with Crippen molar-refractivity contribution in [1.29, 1.82) is 0 Å². The van der Waals surface area contributed by atoms with Crippen molar-refractivity contribution in [3.63, 3.8) is 0 Å². The number of halogens is 1. The molecule has 0 aromatic heterocycles. The van der Waals surface area contributed by atoms with Crippen LogP contribution in [-0.2, 0) is 21.4 Å². The van der Waals surface area contributed by atoms with E-state index >= 15 is 0 Å². The maximum absolute atomic E-state index is 13.1. The fourth-order valence-corrected chi connectivity index (χ4v) is 4.89. The molecule has 0 aliphatic carbocycles. The molecule has 0 unspecified atom stereocenters. The first-order valence-electron chi connectivity index (χ1n) is 10.6. The van der Waals surface area contributed by atoms with Crippen LogP contribution in [0, 0.1) is 5.92 Å². The van der Waals surface area contributed by atoms with Gasteiger partial charge in [0.15, 0.2) is 0 Å². The topological polar surface area (TPSA) is 96.0 Å². The van der Waals surface area contributed by atoms with Gasteiger partial charge in [-0.25, -0.2) is 13.1 Å². The van der Waals surface area contributed by atoms with Crippen LogP contribution in [0.25, 0.3) is 0 Å². The van der Waals surface area contributed by atoms with Gasteiger partial charge < -0.3 is 14.5 Å². The number of nitrogens with one attached hydrogen (secondary N) is 1. The van der Waals surface area contributed by atoms with Crippen molar-refractivity contribution < 1.29 is 22.7 Å². The minimum Gasteiger partial charge on any atom is -0.495 e. The number of nitrogens with zero attached hydrogens (tertiary/aromatic N) is 2. The summed E-state index contributed by atoms with van der Waals surface area (Å²) < 4.78 is 33.8. The van der Waals surface area contributed by atoms with E-state index in [1.807, 2.05) is 13.8 Å². The van der Waals surface area contributed by atoms with Crippen molar-refractivity contribution >= 4 is 33.4 Å². The van der Waals surface area contributed by atoms with E-state index in [9.17, 15) is 18.0 Å². The van der Waals surface area contributed by atoms with Gasteiger partial charge in [-0.1, -0.05) is 37.6 Å². The maximum Gasteiger partial charge on any atom is 0.254 e. The Labute approximate surface area is 199 Å². The number of benzene rings is 2. The second-order valence-corrected chi connectivity index (χ2v) is 10.3. The Kier molecular flexibility index (Phi) is 7.99. The standard InChI is InChI=1S/C23H28ClN3O5S/c1-16(2)22(28)26-10-12-27(13-11-26)23(29)18-6-9-20(32-3)21(14-18)33(30,31)25-15-17-4-7-19(24)8-5-17/h4-9,14,16,25H,10-13,15H2,1-3H3. The Hall–Kier alpha value is -2.62. The van der Waals surface area contributed by atoms with E-state index in [0.29, 0.717) is 31.2 Å². The summed E-state index contributed by atoms with van der Waals surface area (Å²) >= 11 is 5.88. The van der Waals surface area contributed by atoms with Crippen LogP contribution in [0.1, 0.15) is 29.8 Å². The Bertz CT molecular complexity index is 1110. The van der Waals surface area contributed by atoms with Gasteiger partial charge in [0.05, 0.1) is 7.11 Å². The Morgan fingerprint density at radius 2 is 1.64 bits per heavy atom. The highest BCUT2D eigenvalue weighted by atomic mass is 35.5. The van der Waals surface area contributed by atoms with Crippen LogP contribution in [0.2, 0.25) is 5.02 Å². The van der Waals surface area contributed by atoms with Crippen LogP contribution in [0.4, 0.5) is 0 Å². The highest BCUT2D eigenvalue weighted by molar-refractivity contribution is 7.89. The number of methoxy groups -OCH3 is 1. The molecule has 2 aromatic rings. The third-order valence-electron chi connectivity index (χ3n) is 5.45. The zero-order valence-corrected chi connectivity index (χ0v) is 20.4. The molecule has 0 saturated carbocycles. The number of hydrogen-bond donors (Lipinski definition) is 1. The van der Waals surface area contributed by atoms with Crippen molar-refractivity contribution in [3.05, 3.63) is 58.6 Å². The average molecular weight is 494 g/mol. The van der Waals surface area contributed by atoms with E-state index in [4.69, 9.17) is 16.3 Å². The van der Waals surface area contributed by atoms with E-state index in [1.165, 1.54) is 19.2 Å². The third-order valence-corrected chi connectivity index (χ3v) is 7.13. The van der Waals surface area contributed by atoms with E-state index in [1.54, 1.807) is 40.1 Å². The van der Waals surface area contributed by atoms with E-state index < -0.39 is 10.0 Å². The average Bonchev–Trinajstić information content (AvgIpc) is 2.82. The van der Waals surface area contributed by atoms with Crippen LogP contribution < -0.4 is 9.46 Å². The summed E-state index contributed by atoms with van der Waals surface area (Å²) in [5, 5.41) is 0.559. The Morgan fingerprint density at radius 1 is 1.03 bits per heavy atom. The molecular weight excluding hydrogens is 466 g/mol. The summed E-state index contributed by atoms with van der Waals surface area (Å²) in [5.74, 6) is -0.181. The van der Waals surface area contributed by atoms with E-state index in [2.05, 4.69) is 4.72 Å². The maximum atomic E-state index is 13.1. The predicted octanol–water partition coefficient (Wildman–Crippen LogP) is 2.77. The number of piperazine rings is 1. The number of carbonyl (C=O) groups is 2. The van der Waals surface area contributed by atoms with Crippen LogP contribution in [-0.4, -0.2) is 63.3 Å². The molecule has 0 bridgehead atoms. The number of rotatable bonds is 7. The van der Waals surface area contributed by atoms with Crippen molar-refractivity contribution in [3.8, 4) is 5.75 Å². The van der Waals surface area contributed by atoms with Crippen molar-refractivity contribution in [2.75, 3.05) is 33.3 Å². The molecule has 1 fully saturated rings. The third kappa shape index (κ3) is 6.04. The van der Waals surface area contributed by atoms with E-state index in [-0.39, 0.29) is 40.5 Å². The first kappa shape index (κ1) is 25.0. The summed E-state index contributed by atoms with van der Waals surface area (Å²) in [6.45, 7) is 5.44. The van der Waals surface area contributed by atoms with Gasteiger partial charge >= 0.3 is 0 Å². The van der Waals surface area contributed by atoms with Gasteiger partial charge in [-0.2, -0.15) is 0 Å². The predicted molar refractivity (Wildman–Crippen MR) is 126 cm³/mol. The summed E-state index contributed by atoms with van der Waals surface area (Å²) in [4.78, 5) is 28.5. The molecule has 0 atom stereocenters. The monoisotopic (exact) mass is 493 g/mol. The zero-order valence-electron chi connectivity index (χ0n) is 18.9. The first-order chi connectivity index (χ1) is 15.6. The summed E-state index contributed by atoms with van der Waals surface area (Å²) in [7, 11) is -2.58. The lowest BCUT2D eigenvalue weighted by atomic mass is 10.1. The zero-order chi connectivity index (χ0) is 24.2. The van der Waals surface area contributed by atoms with Gasteiger partial charge in [0.2, 0.25) is 15.9 Å². The van der Waals surface area contributed by atoms with Crippen molar-refractivity contribution in [2.24, 2.45) is 5.92 Å². The van der Waals surface area contributed by atoms with Gasteiger partial charge in [0, 0.05) is 49.2 Å². The van der Waals surface area contributed by atoms with Gasteiger partial charge in [0.1, 0.15) is 10.6 Å². The number of sulfonamides is 1. The molecule has 2 amide bonds. The fraction of sp³-hybridized carbons (Fsp3) is 0.391. The largest absolute Gasteiger partial charge is 0.495 e. The Morgan fingerprint density at radius 3 is 2.21 bits per heavy atom. The molecule has 3 rings (SSSR count). The van der Waals surface area contributed by atoms with Crippen LogP contribution in [0.15, 0.2) is 47.4 Å². The van der Waals surface area contributed by atoms with E-state index in [0.717, 1.165) is 5.56 Å². The number of amides is 2. The smallest absolute Gasteiger partial charge is 0.254 e. The molecule has 1 saturated heterocycles. The molecule has 10 heteroatoms. The second-order valence-electron chi connectivity index (χ2n) is 8.09. The van der Waals surface area contributed by atoms with Gasteiger partial charge in [0.25, 0.3) is 5.91 Å². The minimum atomic E-state index is -3.96. The molecule has 1 aliphatic heterocycles. The Balaban J connectivity index is 1.75. The molecular formula is C23H28ClN3O5S. The molecule has 1 N–H and O–H groups in total. The van der Waals surface area contributed by atoms with Crippen molar-refractivity contribution in [2.45, 2.75) is 25.3 Å². The van der Waals surface area contributed by atoms with Crippen LogP contribution in [0.3, 0.4) is 0 Å². The highest BCUT2D eigenvalue weighted by Gasteiger charge is 2.28. The first-order valence-corrected chi connectivity index (χ1v) is 12.5. The highest BCUT2D eigenvalue weighted by Crippen LogP contribution is 2.26. The summed E-state index contributed by atoms with van der Waals surface area (Å²) in [6, 6.07) is 11.2. The lowest BCUT2D eigenvalue weighted by molar-refractivity contribution is -0.135. The molecule has 33 heavy (non-hydrogen) atoms. The van der Waals surface area contributed by atoms with Gasteiger partial charge in [-0.3, -0.25) is 9.59 Å². The second kappa shape index (κ2) is 10.5. The summed E-state index contributed by atoms with van der Waals surface area (Å²) in [5.41, 5.74) is 0.981. The normalized spacial score (nSPS) is 14.5. The fourth-order valence-electron chi connectivity index (χ4n) is 3.56. The number of ether oxygens (including phenoxy) is 1. The molecule has 8 nitrogen and oxygen atoms in total. The van der Waals surface area contributed by atoms with Crippen LogP contribution >= 0.6 is 11.6 Å². The molecule has 178 valence electrons. The summed E-state index contributed by atoms with van der Waals surface area (Å²) in [6.07, 6.45) is 0. The number of carbonyl (C=O) groups excluding carboxylic acids is 2. The molecule has 0 spiro atoms. The molecule has 1 aliphatic rings. The molecule has 1 heterocycles. The number of hydrogen-bond acceptors (Lipinski definition) is 5. The molecule has 0 radical (unpaired) electrons. The lowest BCUT2D eigenvalue weighted by Gasteiger charge is -2.35. The lowest BCUT2D eigenvalue weighted by Crippen LogP contribution is -2.51. The minimum absolute atomic E-state index is 0.0617. The molecule has 2 aromatic carbocycles. The SMILES string of the molecule is COc1ccc(C(=O)N2CCN(C(=O)C(C)C)CC2)cc1S(=O)(=O)NCc1ccc(Cl)cc1. The van der Waals surface area contributed by atoms with Gasteiger partial charge in [-0.15, -0.1) is 0 Å². The van der Waals surface area contributed by atoms with Gasteiger partial charge in [-0.05, 0) is 35.9 Å². The van der Waals surface area contributed by atoms with Crippen LogP contribution in [0.5, 0.6) is 5.75 Å².